The predicted molar refractivity (Wildman–Crippen MR) is 90.9 cm³/mol. The van der Waals surface area contributed by atoms with Crippen LogP contribution < -0.4 is 10.1 Å². The van der Waals surface area contributed by atoms with Gasteiger partial charge in [0, 0.05) is 6.42 Å². The maximum Gasteiger partial charge on any atom is 0.330 e. The number of methoxy groups -OCH3 is 1. The van der Waals surface area contributed by atoms with E-state index in [9.17, 15) is 23.5 Å². The van der Waals surface area contributed by atoms with E-state index in [4.69, 9.17) is 4.74 Å². The lowest BCUT2D eigenvalue weighted by atomic mass is 9.97. The third kappa shape index (κ3) is 4.78. The molecule has 0 radical (unpaired) electrons. The number of halogens is 2. The number of rotatable bonds is 7. The van der Waals surface area contributed by atoms with Gasteiger partial charge in [0.05, 0.1) is 7.11 Å². The molecule has 138 valence electrons. The van der Waals surface area contributed by atoms with Crippen LogP contribution in [0.3, 0.4) is 0 Å². The van der Waals surface area contributed by atoms with Crippen molar-refractivity contribution in [3.8, 4) is 5.75 Å². The molecule has 0 spiro atoms. The highest BCUT2D eigenvalue weighted by Crippen LogP contribution is 2.24. The van der Waals surface area contributed by atoms with Gasteiger partial charge in [-0.05, 0) is 41.3 Å². The molecule has 0 fully saturated rings. The van der Waals surface area contributed by atoms with E-state index >= 15 is 0 Å². The summed E-state index contributed by atoms with van der Waals surface area (Å²) >= 11 is 0. The first-order chi connectivity index (χ1) is 12.3. The number of amides is 1. The van der Waals surface area contributed by atoms with E-state index < -0.39 is 29.6 Å². The van der Waals surface area contributed by atoms with Crippen LogP contribution in [0.4, 0.5) is 8.78 Å². The van der Waals surface area contributed by atoms with E-state index in [-0.39, 0.29) is 23.7 Å². The van der Waals surface area contributed by atoms with Crippen molar-refractivity contribution in [2.45, 2.75) is 25.3 Å². The Labute approximate surface area is 149 Å². The smallest absolute Gasteiger partial charge is 0.330 e. The molecule has 2 N–H and O–H groups in total. The Morgan fingerprint density at radius 2 is 1.88 bits per heavy atom. The highest BCUT2D eigenvalue weighted by atomic mass is 19.1. The van der Waals surface area contributed by atoms with Gasteiger partial charge in [0.1, 0.15) is 5.82 Å². The zero-order chi connectivity index (χ0) is 19.3. The van der Waals surface area contributed by atoms with E-state index in [1.807, 2.05) is 0 Å². The van der Waals surface area contributed by atoms with Gasteiger partial charge < -0.3 is 15.2 Å². The lowest BCUT2D eigenvalue weighted by Crippen LogP contribution is -2.34. The van der Waals surface area contributed by atoms with Gasteiger partial charge in [-0.15, -0.1) is 0 Å². The van der Waals surface area contributed by atoms with Crippen LogP contribution in [0.15, 0.2) is 42.5 Å². The minimum atomic E-state index is -1.40. The number of aliphatic carboxylic acids is 1. The standard InChI is InChI=1S/C19H19F2NO4/c1-11(12-4-3-5-14(20)9-12)8-17(23)22-18(19(24)25)13-6-7-16(26-2)15(21)10-13/h3-7,9-11,18H,8H2,1-2H3,(H,22,23)(H,24,25). The van der Waals surface area contributed by atoms with E-state index in [2.05, 4.69) is 5.32 Å². The fourth-order valence-corrected chi connectivity index (χ4v) is 2.58. The Morgan fingerprint density at radius 3 is 2.46 bits per heavy atom. The summed E-state index contributed by atoms with van der Waals surface area (Å²) in [5, 5.41) is 11.7. The zero-order valence-electron chi connectivity index (χ0n) is 14.3. The van der Waals surface area contributed by atoms with Crippen LogP contribution in [0.1, 0.15) is 36.4 Å². The second-order valence-corrected chi connectivity index (χ2v) is 5.89. The Bertz CT molecular complexity index is 810. The lowest BCUT2D eigenvalue weighted by Gasteiger charge is -2.18. The first-order valence-electron chi connectivity index (χ1n) is 7.93. The number of carbonyl (C=O) groups is 2. The minimum absolute atomic E-state index is 0.0241. The number of nitrogens with one attached hydrogen (secondary N) is 1. The predicted octanol–water partition coefficient (Wildman–Crippen LogP) is 3.41. The average molecular weight is 363 g/mol. The Hall–Kier alpha value is -2.96. The van der Waals surface area contributed by atoms with Crippen LogP contribution in [-0.4, -0.2) is 24.1 Å². The topological polar surface area (TPSA) is 75.6 Å². The molecule has 0 bridgehead atoms. The van der Waals surface area contributed by atoms with Crippen molar-refractivity contribution in [3.63, 3.8) is 0 Å². The molecule has 0 aliphatic heterocycles. The van der Waals surface area contributed by atoms with Crippen molar-refractivity contribution < 1.29 is 28.2 Å². The third-order valence-corrected chi connectivity index (χ3v) is 3.97. The normalized spacial score (nSPS) is 12.9. The quantitative estimate of drug-likeness (QED) is 0.790. The number of ether oxygens (including phenoxy) is 1. The molecule has 0 saturated heterocycles. The number of benzene rings is 2. The maximum absolute atomic E-state index is 13.8. The summed E-state index contributed by atoms with van der Waals surface area (Å²) in [6.45, 7) is 1.73. The van der Waals surface area contributed by atoms with Crippen LogP contribution >= 0.6 is 0 Å². The molecule has 2 atom stereocenters. The molecule has 2 unspecified atom stereocenters. The number of carboxylic acid groups (broad SMARTS) is 1. The summed E-state index contributed by atoms with van der Waals surface area (Å²) in [6, 6.07) is 8.13. The summed E-state index contributed by atoms with van der Waals surface area (Å²) in [5.41, 5.74) is 0.713. The highest BCUT2D eigenvalue weighted by Gasteiger charge is 2.24. The van der Waals surface area contributed by atoms with Crippen LogP contribution in [0.2, 0.25) is 0 Å². The van der Waals surface area contributed by atoms with Crippen LogP contribution in [0, 0.1) is 11.6 Å². The fourth-order valence-electron chi connectivity index (χ4n) is 2.58. The van der Waals surface area contributed by atoms with Crippen molar-refractivity contribution >= 4 is 11.9 Å². The highest BCUT2D eigenvalue weighted by molar-refractivity contribution is 5.85. The summed E-state index contributed by atoms with van der Waals surface area (Å²) in [6.07, 6.45) is -0.0358. The number of hydrogen-bond acceptors (Lipinski definition) is 3. The molecule has 26 heavy (non-hydrogen) atoms. The van der Waals surface area contributed by atoms with E-state index in [0.717, 1.165) is 6.07 Å². The monoisotopic (exact) mass is 363 g/mol. The van der Waals surface area contributed by atoms with Crippen LogP contribution in [0.25, 0.3) is 0 Å². The second-order valence-electron chi connectivity index (χ2n) is 5.89. The molecule has 0 aromatic heterocycles. The molecule has 0 heterocycles. The van der Waals surface area contributed by atoms with Crippen molar-refractivity contribution in [1.82, 2.24) is 5.32 Å². The Kier molecular flexibility index (Phi) is 6.27. The second kappa shape index (κ2) is 8.42. The molecule has 5 nitrogen and oxygen atoms in total. The fraction of sp³-hybridized carbons (Fsp3) is 0.263. The maximum atomic E-state index is 13.8. The summed E-state index contributed by atoms with van der Waals surface area (Å²) < 4.78 is 31.9. The summed E-state index contributed by atoms with van der Waals surface area (Å²) in [4.78, 5) is 23.7. The molecule has 2 rings (SSSR count). The van der Waals surface area contributed by atoms with Gasteiger partial charge in [-0.1, -0.05) is 25.1 Å². The van der Waals surface area contributed by atoms with Crippen LogP contribution in [0.5, 0.6) is 5.75 Å². The molecule has 2 aromatic carbocycles. The molecular weight excluding hydrogens is 344 g/mol. The van der Waals surface area contributed by atoms with Gasteiger partial charge >= 0.3 is 5.97 Å². The molecule has 2 aromatic rings. The number of hydrogen-bond donors (Lipinski definition) is 2. The molecule has 0 aliphatic rings. The van der Waals surface area contributed by atoms with Gasteiger partial charge in [0.25, 0.3) is 0 Å². The zero-order valence-corrected chi connectivity index (χ0v) is 14.3. The molecule has 0 aliphatic carbocycles. The molecule has 7 heteroatoms. The first kappa shape index (κ1) is 19.4. The van der Waals surface area contributed by atoms with Gasteiger partial charge in [0.2, 0.25) is 5.91 Å². The van der Waals surface area contributed by atoms with Crippen molar-refractivity contribution in [1.29, 1.82) is 0 Å². The van der Waals surface area contributed by atoms with Crippen LogP contribution in [-0.2, 0) is 9.59 Å². The van der Waals surface area contributed by atoms with Crippen molar-refractivity contribution in [3.05, 3.63) is 65.2 Å². The molecule has 0 saturated carbocycles. The van der Waals surface area contributed by atoms with E-state index in [1.165, 1.54) is 31.4 Å². The third-order valence-electron chi connectivity index (χ3n) is 3.97. The summed E-state index contributed by atoms with van der Waals surface area (Å²) in [5.74, 6) is -3.33. The Morgan fingerprint density at radius 1 is 1.15 bits per heavy atom. The van der Waals surface area contributed by atoms with E-state index in [0.29, 0.717) is 5.56 Å². The van der Waals surface area contributed by atoms with Crippen molar-refractivity contribution in [2.75, 3.05) is 7.11 Å². The Balaban J connectivity index is 2.11. The van der Waals surface area contributed by atoms with Gasteiger partial charge in [-0.25, -0.2) is 13.6 Å². The minimum Gasteiger partial charge on any atom is -0.494 e. The lowest BCUT2D eigenvalue weighted by molar-refractivity contribution is -0.142. The molecule has 1 amide bonds. The van der Waals surface area contributed by atoms with Gasteiger partial charge in [-0.2, -0.15) is 0 Å². The number of carbonyl (C=O) groups excluding carboxylic acids is 1. The average Bonchev–Trinajstić information content (AvgIpc) is 2.59. The first-order valence-corrected chi connectivity index (χ1v) is 7.93. The van der Waals surface area contributed by atoms with Gasteiger partial charge in [-0.3, -0.25) is 4.79 Å². The molecular formula is C19H19F2NO4. The van der Waals surface area contributed by atoms with Crippen molar-refractivity contribution in [2.24, 2.45) is 0 Å². The van der Waals surface area contributed by atoms with Gasteiger partial charge in [0.15, 0.2) is 17.6 Å². The number of carboxylic acids is 1. The summed E-state index contributed by atoms with van der Waals surface area (Å²) in [7, 11) is 1.29. The van der Waals surface area contributed by atoms with E-state index in [1.54, 1.807) is 19.1 Å². The largest absolute Gasteiger partial charge is 0.494 e. The SMILES string of the molecule is COc1ccc(C(NC(=O)CC(C)c2cccc(F)c2)C(=O)O)cc1F.